The first kappa shape index (κ1) is 18.8. The van der Waals surface area contributed by atoms with Crippen LogP contribution in [0.2, 0.25) is 0 Å². The second-order valence-electron chi connectivity index (χ2n) is 12.0. The Morgan fingerprint density at radius 2 is 1.00 bits per heavy atom. The summed E-state index contributed by atoms with van der Waals surface area (Å²) in [5, 5.41) is 5.38. The van der Waals surface area contributed by atoms with Crippen LogP contribution in [0.15, 0.2) is 186 Å². The predicted octanol–water partition coefficient (Wildman–Crippen LogP) is 13.7. The topological polar surface area (TPSA) is 13.1 Å². The average Bonchev–Trinajstić information content (AvgIpc) is 3.67. The molecule has 1 heterocycles. The summed E-state index contributed by atoms with van der Waals surface area (Å²) < 4.78 is 104. The molecular weight excluding hydrogens is 593 g/mol. The van der Waals surface area contributed by atoms with Gasteiger partial charge in [-0.1, -0.05) is 170 Å². The maximum absolute atomic E-state index is 9.53. The summed E-state index contributed by atoms with van der Waals surface area (Å²) in [5.74, 6) is 0. The van der Waals surface area contributed by atoms with Crippen LogP contribution in [0.4, 0.5) is 0 Å². The smallest absolute Gasteiger partial charge is 0.143 e. The minimum Gasteiger partial charge on any atom is -0.455 e. The standard InChI is InChI=1S/C48H30O/c1-2-14-32(15-3-1)37-26-12-28-43-47-42(27-13-29-44(47)49-48(37)43)46-40-23-8-6-21-38(40)45(39-22-7-9-24-41(39)46)34-19-10-18-33(30-34)36-25-11-17-31-16-4-5-20-35(31)36/h1-30H/i1D,2D,3D,12D,13D,14D,15D,26D,27D,28D,29D. The van der Waals surface area contributed by atoms with Gasteiger partial charge in [0.25, 0.3) is 0 Å². The highest BCUT2D eigenvalue weighted by Crippen LogP contribution is 2.48. The fourth-order valence-corrected chi connectivity index (χ4v) is 7.25. The van der Waals surface area contributed by atoms with Gasteiger partial charge in [0.1, 0.15) is 11.2 Å². The van der Waals surface area contributed by atoms with Crippen LogP contribution in [0.1, 0.15) is 15.1 Å². The molecule has 0 radical (unpaired) electrons. The summed E-state index contributed by atoms with van der Waals surface area (Å²) in [6, 6.07) is 32.3. The largest absolute Gasteiger partial charge is 0.455 e. The van der Waals surface area contributed by atoms with Crippen molar-refractivity contribution in [2.45, 2.75) is 0 Å². The van der Waals surface area contributed by atoms with E-state index >= 15 is 0 Å². The van der Waals surface area contributed by atoms with E-state index in [1.807, 2.05) is 66.7 Å². The molecule has 1 aromatic heterocycles. The van der Waals surface area contributed by atoms with Gasteiger partial charge in [0.2, 0.25) is 0 Å². The van der Waals surface area contributed by atoms with Gasteiger partial charge >= 0.3 is 0 Å². The molecular formula is C48H30O. The fourth-order valence-electron chi connectivity index (χ4n) is 7.25. The molecule has 0 saturated heterocycles. The van der Waals surface area contributed by atoms with Gasteiger partial charge in [0.05, 0.1) is 15.1 Å². The number of rotatable bonds is 4. The molecule has 0 amide bonds. The Balaban J connectivity index is 1.34. The van der Waals surface area contributed by atoms with Crippen molar-refractivity contribution in [1.82, 2.24) is 0 Å². The Morgan fingerprint density at radius 3 is 1.78 bits per heavy atom. The summed E-state index contributed by atoms with van der Waals surface area (Å²) >= 11 is 0. The van der Waals surface area contributed by atoms with Crippen molar-refractivity contribution in [3.8, 4) is 44.5 Å². The molecule has 0 fully saturated rings. The molecule has 0 bridgehead atoms. The van der Waals surface area contributed by atoms with E-state index in [-0.39, 0.29) is 44.7 Å². The lowest BCUT2D eigenvalue weighted by Gasteiger charge is -2.19. The zero-order chi connectivity index (χ0) is 41.9. The molecule has 0 aliphatic rings. The quantitative estimate of drug-likeness (QED) is 0.176. The molecule has 1 heteroatoms. The Kier molecular flexibility index (Phi) is 4.25. The Hall–Kier alpha value is -6.44. The zero-order valence-corrected chi connectivity index (χ0v) is 25.9. The summed E-state index contributed by atoms with van der Waals surface area (Å²) in [6.07, 6.45) is 0. The molecule has 9 aromatic carbocycles. The molecule has 0 aliphatic heterocycles. The normalized spacial score (nSPS) is 14.8. The second-order valence-corrected chi connectivity index (χ2v) is 12.0. The van der Waals surface area contributed by atoms with Gasteiger partial charge in [-0.3, -0.25) is 0 Å². The SMILES string of the molecule is [2H]c1c([2H])c([2H])c(-c2c([2H])c([2H])c([2H])c3c2oc2c([2H])c([2H])c([2H])c(-c4c5ccccc5c(-c5cccc(-c6cccc7ccccc67)c5)c5ccccc45)c23)c([2H])c1[2H]. The van der Waals surface area contributed by atoms with Crippen molar-refractivity contribution >= 4 is 54.3 Å². The number of fused-ring (bicyclic) bond motifs is 6. The number of furan rings is 1. The van der Waals surface area contributed by atoms with Crippen molar-refractivity contribution in [2.24, 2.45) is 0 Å². The number of hydrogen-bond donors (Lipinski definition) is 0. The van der Waals surface area contributed by atoms with Gasteiger partial charge in [-0.15, -0.1) is 0 Å². The third-order valence-corrected chi connectivity index (χ3v) is 9.31. The monoisotopic (exact) mass is 633 g/mol. The lowest BCUT2D eigenvalue weighted by molar-refractivity contribution is 0.670. The van der Waals surface area contributed by atoms with E-state index in [9.17, 15) is 2.74 Å². The zero-order valence-electron chi connectivity index (χ0n) is 36.9. The van der Waals surface area contributed by atoms with Gasteiger partial charge in [0, 0.05) is 16.3 Å². The molecule has 49 heavy (non-hydrogen) atoms. The average molecular weight is 634 g/mol. The first-order valence-corrected chi connectivity index (χ1v) is 16.0. The van der Waals surface area contributed by atoms with E-state index in [4.69, 9.17) is 16.8 Å². The van der Waals surface area contributed by atoms with Crippen LogP contribution in [0.3, 0.4) is 0 Å². The van der Waals surface area contributed by atoms with Gasteiger partial charge in [-0.05, 0) is 83.4 Å². The second kappa shape index (κ2) is 11.1. The minimum atomic E-state index is -0.652. The minimum absolute atomic E-state index is 0.0650. The molecule has 0 atom stereocenters. The Morgan fingerprint density at radius 1 is 0.388 bits per heavy atom. The van der Waals surface area contributed by atoms with E-state index in [1.54, 1.807) is 0 Å². The first-order valence-electron chi connectivity index (χ1n) is 21.5. The van der Waals surface area contributed by atoms with Crippen LogP contribution < -0.4 is 0 Å². The first-order chi connectivity index (χ1) is 28.9. The third-order valence-electron chi connectivity index (χ3n) is 9.31. The van der Waals surface area contributed by atoms with Crippen molar-refractivity contribution < 1.29 is 19.5 Å². The molecule has 0 saturated carbocycles. The molecule has 1 nitrogen and oxygen atoms in total. The van der Waals surface area contributed by atoms with Crippen LogP contribution in [0.5, 0.6) is 0 Å². The van der Waals surface area contributed by atoms with Crippen molar-refractivity contribution in [2.75, 3.05) is 0 Å². The van der Waals surface area contributed by atoms with Crippen molar-refractivity contribution in [3.05, 3.63) is 182 Å². The summed E-state index contributed by atoms with van der Waals surface area (Å²) in [5.41, 5.74) is 3.58. The highest BCUT2D eigenvalue weighted by atomic mass is 16.3. The molecule has 0 N–H and O–H groups in total. The highest BCUT2D eigenvalue weighted by molar-refractivity contribution is 6.26. The predicted molar refractivity (Wildman–Crippen MR) is 208 cm³/mol. The molecule has 0 spiro atoms. The van der Waals surface area contributed by atoms with Crippen LogP contribution in [0, 0.1) is 0 Å². The van der Waals surface area contributed by atoms with Crippen LogP contribution in [-0.4, -0.2) is 0 Å². The molecule has 0 unspecified atom stereocenters. The number of para-hydroxylation sites is 1. The number of hydrogen-bond acceptors (Lipinski definition) is 1. The molecule has 10 aromatic rings. The summed E-state index contributed by atoms with van der Waals surface area (Å²) in [6.45, 7) is 0. The van der Waals surface area contributed by atoms with Crippen molar-refractivity contribution in [1.29, 1.82) is 0 Å². The number of benzene rings is 9. The summed E-state index contributed by atoms with van der Waals surface area (Å²) in [7, 11) is 0. The van der Waals surface area contributed by atoms with Crippen molar-refractivity contribution in [3.63, 3.8) is 0 Å². The maximum atomic E-state index is 9.53. The van der Waals surface area contributed by atoms with E-state index in [0.29, 0.717) is 16.3 Å². The van der Waals surface area contributed by atoms with Gasteiger partial charge in [-0.2, -0.15) is 0 Å². The Labute approximate surface area is 299 Å². The molecule has 228 valence electrons. The summed E-state index contributed by atoms with van der Waals surface area (Å²) in [4.78, 5) is 0. The molecule has 0 aliphatic carbocycles. The fraction of sp³-hybridized carbons (Fsp3) is 0. The van der Waals surface area contributed by atoms with E-state index in [1.165, 1.54) is 0 Å². The highest BCUT2D eigenvalue weighted by Gasteiger charge is 2.21. The lowest BCUT2D eigenvalue weighted by atomic mass is 9.84. The van der Waals surface area contributed by atoms with Crippen LogP contribution in [0.25, 0.3) is 98.8 Å². The van der Waals surface area contributed by atoms with E-state index in [0.717, 1.165) is 43.8 Å². The van der Waals surface area contributed by atoms with Crippen LogP contribution >= 0.6 is 0 Å². The van der Waals surface area contributed by atoms with Gasteiger partial charge in [0.15, 0.2) is 0 Å². The maximum Gasteiger partial charge on any atom is 0.143 e. The van der Waals surface area contributed by atoms with E-state index in [2.05, 4.69) is 48.5 Å². The van der Waals surface area contributed by atoms with Gasteiger partial charge in [-0.25, -0.2) is 0 Å². The van der Waals surface area contributed by atoms with Gasteiger partial charge < -0.3 is 4.42 Å². The lowest BCUT2D eigenvalue weighted by Crippen LogP contribution is -1.91. The molecule has 10 rings (SSSR count). The third kappa shape index (κ3) is 4.33. The van der Waals surface area contributed by atoms with Crippen LogP contribution in [-0.2, 0) is 0 Å². The Bertz CT molecular complexity index is 3430. The van der Waals surface area contributed by atoms with E-state index < -0.39 is 60.4 Å².